The molecule has 0 aromatic heterocycles. The van der Waals surface area contributed by atoms with Gasteiger partial charge in [-0.2, -0.15) is 0 Å². The van der Waals surface area contributed by atoms with Crippen molar-refractivity contribution in [1.29, 1.82) is 0 Å². The number of nitrogens with one attached hydrogen (secondary N) is 1. The summed E-state index contributed by atoms with van der Waals surface area (Å²) in [6.45, 7) is 0.682. The third kappa shape index (κ3) is 4.06. The number of nitrogen functional groups attached to an aromatic ring is 1. The Balaban J connectivity index is 1.28. The lowest BCUT2D eigenvalue weighted by Crippen LogP contribution is -2.26. The van der Waals surface area contributed by atoms with E-state index in [1.807, 2.05) is 24.3 Å². The van der Waals surface area contributed by atoms with Crippen molar-refractivity contribution in [2.75, 3.05) is 18.9 Å². The number of hydrogen-bond acceptors (Lipinski definition) is 3. The first-order valence-electron chi connectivity index (χ1n) is 9.94. The lowest BCUT2D eigenvalue weighted by atomic mass is 9.98. The number of hydrogen-bond donors (Lipinski definition) is 2. The first kappa shape index (κ1) is 19.7. The van der Waals surface area contributed by atoms with Crippen LogP contribution in [0.25, 0.3) is 17.2 Å². The van der Waals surface area contributed by atoms with Gasteiger partial charge in [0.1, 0.15) is 6.61 Å². The second-order valence-corrected chi connectivity index (χ2v) is 7.19. The van der Waals surface area contributed by atoms with Crippen LogP contribution in [0.4, 0.5) is 14.9 Å². The van der Waals surface area contributed by atoms with Gasteiger partial charge >= 0.3 is 6.09 Å². The third-order valence-corrected chi connectivity index (χ3v) is 5.28. The lowest BCUT2D eigenvalue weighted by molar-refractivity contribution is 0.143. The largest absolute Gasteiger partial charge is 0.449 e. The minimum Gasteiger partial charge on any atom is -0.449 e. The average Bonchev–Trinajstić information content (AvgIpc) is 3.09. The molecule has 4 rings (SSSR count). The first-order valence-corrected chi connectivity index (χ1v) is 9.94. The van der Waals surface area contributed by atoms with Crippen LogP contribution in [0, 0.1) is 5.82 Å². The van der Waals surface area contributed by atoms with E-state index >= 15 is 0 Å². The number of benzene rings is 3. The van der Waals surface area contributed by atoms with E-state index in [-0.39, 0.29) is 18.2 Å². The zero-order valence-electron chi connectivity index (χ0n) is 16.5. The van der Waals surface area contributed by atoms with Crippen LogP contribution in [0.15, 0.2) is 72.8 Å². The van der Waals surface area contributed by atoms with Gasteiger partial charge in [0, 0.05) is 18.0 Å². The van der Waals surface area contributed by atoms with Crippen molar-refractivity contribution >= 4 is 17.9 Å². The Morgan fingerprint density at radius 1 is 1.00 bits per heavy atom. The molecule has 0 atom stereocenters. The van der Waals surface area contributed by atoms with Crippen LogP contribution in [0.1, 0.15) is 29.0 Å². The minimum atomic E-state index is -0.458. The van der Waals surface area contributed by atoms with Gasteiger partial charge in [-0.25, -0.2) is 9.18 Å². The molecule has 0 fully saturated rings. The molecule has 1 aliphatic carbocycles. The molecule has 0 heterocycles. The number of alkyl carbamates (subject to hydrolysis) is 1. The number of fused-ring (bicyclic) bond motifs is 3. The highest BCUT2D eigenvalue weighted by molar-refractivity contribution is 5.79. The van der Waals surface area contributed by atoms with Gasteiger partial charge in [0.25, 0.3) is 0 Å². The molecule has 0 saturated carbocycles. The van der Waals surface area contributed by atoms with Gasteiger partial charge in [0.15, 0.2) is 5.82 Å². The van der Waals surface area contributed by atoms with E-state index in [1.165, 1.54) is 28.3 Å². The number of carbonyl (C=O) groups excluding carboxylic acids is 1. The van der Waals surface area contributed by atoms with Gasteiger partial charge in [0.2, 0.25) is 0 Å². The van der Waals surface area contributed by atoms with Crippen molar-refractivity contribution in [3.05, 3.63) is 95.3 Å². The molecule has 0 saturated heterocycles. The Hall–Kier alpha value is -3.60. The molecule has 5 heteroatoms. The highest BCUT2D eigenvalue weighted by atomic mass is 19.1. The normalized spacial score (nSPS) is 12.6. The standard InChI is InChI=1S/C25H23FN2O2/c26-24-17(9-7-14-23(24)27)8-5-6-15-28-25(29)30-16-22-20-12-3-1-10-18(20)19-11-2-4-13-21(19)22/h1-5,7-14,22H,6,15-16,27H2,(H,28,29). The monoisotopic (exact) mass is 402 g/mol. The zero-order chi connectivity index (χ0) is 20.9. The topological polar surface area (TPSA) is 64.3 Å². The first-order chi connectivity index (χ1) is 14.6. The molecule has 3 aromatic rings. The van der Waals surface area contributed by atoms with Crippen LogP contribution in [-0.4, -0.2) is 19.2 Å². The SMILES string of the molecule is Nc1cccc(C=CCCNC(=O)OCC2c3ccccc3-c3ccccc32)c1F. The van der Waals surface area contributed by atoms with E-state index in [9.17, 15) is 9.18 Å². The van der Waals surface area contributed by atoms with Crippen LogP contribution in [0.5, 0.6) is 0 Å². The van der Waals surface area contributed by atoms with E-state index in [2.05, 4.69) is 29.6 Å². The second-order valence-electron chi connectivity index (χ2n) is 7.19. The summed E-state index contributed by atoms with van der Waals surface area (Å²) in [5.41, 5.74) is 10.8. The molecule has 1 aliphatic rings. The average molecular weight is 402 g/mol. The summed E-state index contributed by atoms with van der Waals surface area (Å²) in [6, 6.07) is 21.3. The predicted octanol–water partition coefficient (Wildman–Crippen LogP) is 5.35. The lowest BCUT2D eigenvalue weighted by Gasteiger charge is -2.14. The minimum absolute atomic E-state index is 0.0366. The molecule has 0 aliphatic heterocycles. The summed E-state index contributed by atoms with van der Waals surface area (Å²) in [5.74, 6) is -0.396. The highest BCUT2D eigenvalue weighted by Gasteiger charge is 2.28. The summed E-state index contributed by atoms with van der Waals surface area (Å²) in [7, 11) is 0. The molecule has 30 heavy (non-hydrogen) atoms. The molecule has 0 bridgehead atoms. The number of ether oxygens (including phenoxy) is 1. The Kier molecular flexibility index (Phi) is 5.80. The van der Waals surface area contributed by atoms with Gasteiger partial charge < -0.3 is 15.8 Å². The van der Waals surface area contributed by atoms with Gasteiger partial charge in [-0.15, -0.1) is 0 Å². The summed E-state index contributed by atoms with van der Waals surface area (Å²) in [6.07, 6.45) is 3.55. The maximum atomic E-state index is 13.8. The number of rotatable bonds is 6. The maximum absolute atomic E-state index is 13.8. The molecular weight excluding hydrogens is 379 g/mol. The molecule has 0 unspecified atom stereocenters. The number of amides is 1. The van der Waals surface area contributed by atoms with Crippen LogP contribution in [0.2, 0.25) is 0 Å². The molecule has 0 spiro atoms. The Morgan fingerprint density at radius 3 is 2.37 bits per heavy atom. The Morgan fingerprint density at radius 2 is 1.67 bits per heavy atom. The van der Waals surface area contributed by atoms with Gasteiger partial charge in [-0.1, -0.05) is 72.8 Å². The van der Waals surface area contributed by atoms with Crippen LogP contribution in [0.3, 0.4) is 0 Å². The molecule has 0 radical (unpaired) electrons. The van der Waals surface area contributed by atoms with Crippen LogP contribution < -0.4 is 11.1 Å². The molecule has 3 aromatic carbocycles. The summed E-state index contributed by atoms with van der Waals surface area (Å²) in [5, 5.41) is 2.74. The molecule has 3 N–H and O–H groups in total. The Labute approximate surface area is 175 Å². The van der Waals surface area contributed by atoms with Crippen LogP contribution in [-0.2, 0) is 4.74 Å². The summed E-state index contributed by atoms with van der Waals surface area (Å²) < 4.78 is 19.3. The van der Waals surface area contributed by atoms with E-state index in [0.29, 0.717) is 18.5 Å². The summed E-state index contributed by atoms with van der Waals surface area (Å²) in [4.78, 5) is 12.1. The fraction of sp³-hybridized carbons (Fsp3) is 0.160. The Bertz CT molecular complexity index is 1050. The summed E-state index contributed by atoms with van der Waals surface area (Å²) >= 11 is 0. The third-order valence-electron chi connectivity index (χ3n) is 5.28. The fourth-order valence-corrected chi connectivity index (χ4v) is 3.81. The molecule has 4 nitrogen and oxygen atoms in total. The molecule has 152 valence electrons. The van der Waals surface area contributed by atoms with E-state index < -0.39 is 11.9 Å². The van der Waals surface area contributed by atoms with Crippen molar-refractivity contribution in [3.8, 4) is 11.1 Å². The molecule has 1 amide bonds. The van der Waals surface area contributed by atoms with Crippen molar-refractivity contribution < 1.29 is 13.9 Å². The van der Waals surface area contributed by atoms with Crippen molar-refractivity contribution in [2.24, 2.45) is 0 Å². The smallest absolute Gasteiger partial charge is 0.407 e. The van der Waals surface area contributed by atoms with E-state index in [1.54, 1.807) is 24.3 Å². The second kappa shape index (κ2) is 8.82. The van der Waals surface area contributed by atoms with Crippen molar-refractivity contribution in [3.63, 3.8) is 0 Å². The predicted molar refractivity (Wildman–Crippen MR) is 118 cm³/mol. The molecular formula is C25H23FN2O2. The number of carbonyl (C=O) groups is 1. The number of nitrogens with two attached hydrogens (primary N) is 1. The van der Waals surface area contributed by atoms with E-state index in [0.717, 1.165) is 0 Å². The van der Waals surface area contributed by atoms with Crippen LogP contribution >= 0.6 is 0 Å². The van der Waals surface area contributed by atoms with Gasteiger partial charge in [-0.3, -0.25) is 0 Å². The highest BCUT2D eigenvalue weighted by Crippen LogP contribution is 2.44. The van der Waals surface area contributed by atoms with Gasteiger partial charge in [-0.05, 0) is 34.7 Å². The number of halogens is 1. The zero-order valence-corrected chi connectivity index (χ0v) is 16.5. The van der Waals surface area contributed by atoms with E-state index in [4.69, 9.17) is 10.5 Å². The van der Waals surface area contributed by atoms with Crippen molar-refractivity contribution in [1.82, 2.24) is 5.32 Å². The van der Waals surface area contributed by atoms with Gasteiger partial charge in [0.05, 0.1) is 5.69 Å². The quantitative estimate of drug-likeness (QED) is 0.431. The fourth-order valence-electron chi connectivity index (χ4n) is 3.81. The number of anilines is 1. The maximum Gasteiger partial charge on any atom is 0.407 e. The van der Waals surface area contributed by atoms with Crippen molar-refractivity contribution in [2.45, 2.75) is 12.3 Å².